The van der Waals surface area contributed by atoms with Crippen LogP contribution in [0.4, 0.5) is 5.69 Å². The van der Waals surface area contributed by atoms with Gasteiger partial charge in [0.1, 0.15) is 18.0 Å². The fourth-order valence-electron chi connectivity index (χ4n) is 6.95. The predicted octanol–water partition coefficient (Wildman–Crippen LogP) is 7.61. The summed E-state index contributed by atoms with van der Waals surface area (Å²) in [6.45, 7) is 5.29. The van der Waals surface area contributed by atoms with Gasteiger partial charge in [-0.15, -0.1) is 0 Å². The molecular weight excluding hydrogens is 640 g/mol. The number of hydrogen-bond acceptors (Lipinski definition) is 5. The Morgan fingerprint density at radius 1 is 0.804 bits per heavy atom. The topological polar surface area (TPSA) is 110 Å². The molecule has 0 atom stereocenters. The number of fused-ring (bicyclic) bond motifs is 1. The summed E-state index contributed by atoms with van der Waals surface area (Å²) in [6.07, 6.45) is 8.86. The molecule has 0 radical (unpaired) electrons. The molecule has 0 saturated heterocycles. The summed E-state index contributed by atoms with van der Waals surface area (Å²) in [5, 5.41) is 7.22. The molecule has 1 aromatic heterocycles. The van der Waals surface area contributed by atoms with Crippen molar-refractivity contribution in [2.45, 2.75) is 97.1 Å². The van der Waals surface area contributed by atoms with Gasteiger partial charge in [0, 0.05) is 48.1 Å². The number of nitrogens with zero attached hydrogens (tertiary/aromatic N) is 2. The van der Waals surface area contributed by atoms with Crippen molar-refractivity contribution in [3.63, 3.8) is 0 Å². The van der Waals surface area contributed by atoms with Gasteiger partial charge in [0.15, 0.2) is 0 Å². The number of para-hydroxylation sites is 2. The van der Waals surface area contributed by atoms with Gasteiger partial charge in [0.25, 0.3) is 5.91 Å². The van der Waals surface area contributed by atoms with E-state index in [9.17, 15) is 19.2 Å². The number of benzene rings is 3. The summed E-state index contributed by atoms with van der Waals surface area (Å²) in [6, 6.07) is 26.8. The summed E-state index contributed by atoms with van der Waals surface area (Å²) < 4.78 is 7.16. The standard InChI is InChI=1S/C42H52N4O5/c1-3-31-16-15-18-35(28-31)45(4-2)39(47)30-46-37-21-13-12-17-33(37)29-38(46)42(50)44-34-25-23-32(24-26-34)41(49)43-27-14-7-5-6-11-22-40(48)51-36-19-9-8-10-20-36/h8-10,12-13,15-21,28-29,32,34H,3-7,11,14,22-27,30H2,1-2H3,(H,43,49)(H,44,50). The van der Waals surface area contributed by atoms with Gasteiger partial charge >= 0.3 is 5.97 Å². The van der Waals surface area contributed by atoms with Crippen molar-refractivity contribution in [3.8, 4) is 5.75 Å². The number of unbranched alkanes of at least 4 members (excludes halogenated alkanes) is 4. The van der Waals surface area contributed by atoms with E-state index < -0.39 is 0 Å². The molecule has 0 unspecified atom stereocenters. The lowest BCUT2D eigenvalue weighted by molar-refractivity contribution is -0.134. The zero-order valence-electron chi connectivity index (χ0n) is 30.1. The second-order valence-corrected chi connectivity index (χ2v) is 13.5. The van der Waals surface area contributed by atoms with Crippen LogP contribution in [0.5, 0.6) is 5.75 Å². The average Bonchev–Trinajstić information content (AvgIpc) is 3.52. The molecule has 1 aliphatic carbocycles. The highest BCUT2D eigenvalue weighted by Gasteiger charge is 2.28. The largest absolute Gasteiger partial charge is 0.427 e. The van der Waals surface area contributed by atoms with Gasteiger partial charge in [0.2, 0.25) is 11.8 Å². The Bertz CT molecular complexity index is 1760. The number of aromatic nitrogens is 1. The van der Waals surface area contributed by atoms with Crippen LogP contribution in [0.2, 0.25) is 0 Å². The van der Waals surface area contributed by atoms with Crippen LogP contribution in [0, 0.1) is 5.92 Å². The minimum Gasteiger partial charge on any atom is -0.427 e. The number of amides is 3. The van der Waals surface area contributed by atoms with Crippen molar-refractivity contribution in [1.82, 2.24) is 15.2 Å². The second-order valence-electron chi connectivity index (χ2n) is 13.5. The van der Waals surface area contributed by atoms with E-state index >= 15 is 0 Å². The van der Waals surface area contributed by atoms with Crippen LogP contribution in [0.3, 0.4) is 0 Å². The summed E-state index contributed by atoms with van der Waals surface area (Å²) in [4.78, 5) is 54.0. The first-order valence-electron chi connectivity index (χ1n) is 18.7. The molecule has 4 aromatic rings. The Kier molecular flexibility index (Phi) is 13.8. The van der Waals surface area contributed by atoms with E-state index in [4.69, 9.17) is 4.74 Å². The summed E-state index contributed by atoms with van der Waals surface area (Å²) in [5.41, 5.74) is 3.34. The SMILES string of the molecule is CCc1cccc(N(CC)C(=O)Cn2c(C(=O)NC3CCC(C(=O)NCCCCCCCC(=O)Oc4ccccc4)CC3)cc3ccccc32)c1. The fraction of sp³-hybridized carbons (Fsp3) is 0.429. The summed E-state index contributed by atoms with van der Waals surface area (Å²) >= 11 is 0. The lowest BCUT2D eigenvalue weighted by atomic mass is 9.85. The molecule has 270 valence electrons. The molecule has 3 amide bonds. The molecule has 1 heterocycles. The molecule has 9 heteroatoms. The molecule has 1 saturated carbocycles. The third kappa shape index (κ3) is 10.5. The van der Waals surface area contributed by atoms with Gasteiger partial charge in [-0.05, 0) is 93.8 Å². The minimum atomic E-state index is -0.203. The van der Waals surface area contributed by atoms with E-state index in [0.29, 0.717) is 31.0 Å². The number of carbonyl (C=O) groups excluding carboxylic acids is 4. The third-order valence-corrected chi connectivity index (χ3v) is 9.85. The van der Waals surface area contributed by atoms with Crippen molar-refractivity contribution in [2.75, 3.05) is 18.0 Å². The maximum atomic E-state index is 13.7. The number of carbonyl (C=O) groups is 4. The van der Waals surface area contributed by atoms with Crippen LogP contribution in [-0.4, -0.2) is 47.4 Å². The van der Waals surface area contributed by atoms with Crippen LogP contribution in [-0.2, 0) is 27.3 Å². The zero-order chi connectivity index (χ0) is 36.0. The summed E-state index contributed by atoms with van der Waals surface area (Å²) in [7, 11) is 0. The Balaban J connectivity index is 1.04. The molecule has 9 nitrogen and oxygen atoms in total. The van der Waals surface area contributed by atoms with Gasteiger partial charge in [0.05, 0.1) is 0 Å². The highest BCUT2D eigenvalue weighted by Crippen LogP contribution is 2.26. The lowest BCUT2D eigenvalue weighted by Crippen LogP contribution is -2.42. The third-order valence-electron chi connectivity index (χ3n) is 9.85. The number of anilines is 1. The Morgan fingerprint density at radius 2 is 1.53 bits per heavy atom. The van der Waals surface area contributed by atoms with Crippen LogP contribution >= 0.6 is 0 Å². The van der Waals surface area contributed by atoms with Gasteiger partial charge < -0.3 is 24.8 Å². The van der Waals surface area contributed by atoms with Crippen LogP contribution in [0.1, 0.15) is 94.1 Å². The normalized spacial score (nSPS) is 15.6. The quantitative estimate of drug-likeness (QED) is 0.0673. The minimum absolute atomic E-state index is 0.0300. The maximum absolute atomic E-state index is 13.7. The molecule has 51 heavy (non-hydrogen) atoms. The molecular formula is C42H52N4O5. The molecule has 1 aliphatic rings. The zero-order valence-corrected chi connectivity index (χ0v) is 30.1. The first-order chi connectivity index (χ1) is 24.9. The Morgan fingerprint density at radius 3 is 2.29 bits per heavy atom. The van der Waals surface area contributed by atoms with E-state index in [1.54, 1.807) is 17.0 Å². The summed E-state index contributed by atoms with van der Waals surface area (Å²) in [5.74, 6) is 0.140. The van der Waals surface area contributed by atoms with Crippen molar-refractivity contribution >= 4 is 40.3 Å². The highest BCUT2D eigenvalue weighted by atomic mass is 16.5. The molecule has 5 rings (SSSR count). The van der Waals surface area contributed by atoms with Crippen LogP contribution in [0.15, 0.2) is 84.9 Å². The molecule has 0 aliphatic heterocycles. The first kappa shape index (κ1) is 37.3. The van der Waals surface area contributed by atoms with Crippen molar-refractivity contribution in [2.24, 2.45) is 5.92 Å². The van der Waals surface area contributed by atoms with E-state index in [1.165, 1.54) is 5.56 Å². The molecule has 2 N–H and O–H groups in total. The smallest absolute Gasteiger partial charge is 0.311 e. The molecule has 3 aromatic carbocycles. The van der Waals surface area contributed by atoms with Gasteiger partial charge in [-0.25, -0.2) is 0 Å². The second kappa shape index (κ2) is 18.9. The van der Waals surface area contributed by atoms with Gasteiger partial charge in [-0.1, -0.05) is 74.7 Å². The van der Waals surface area contributed by atoms with Gasteiger partial charge in [-0.2, -0.15) is 0 Å². The van der Waals surface area contributed by atoms with Crippen molar-refractivity contribution < 1.29 is 23.9 Å². The monoisotopic (exact) mass is 692 g/mol. The fourth-order valence-corrected chi connectivity index (χ4v) is 6.95. The van der Waals surface area contributed by atoms with Crippen molar-refractivity contribution in [1.29, 1.82) is 0 Å². The predicted molar refractivity (Wildman–Crippen MR) is 202 cm³/mol. The Labute approximate surface area is 301 Å². The molecule has 1 fully saturated rings. The van der Waals surface area contributed by atoms with Crippen molar-refractivity contribution in [3.05, 3.63) is 96.2 Å². The number of aryl methyl sites for hydroxylation is 1. The number of likely N-dealkylation sites (N-methyl/N-ethyl adjacent to an activating group) is 1. The van der Waals surface area contributed by atoms with E-state index in [-0.39, 0.29) is 42.2 Å². The number of hydrogen-bond donors (Lipinski definition) is 2. The van der Waals surface area contributed by atoms with Crippen LogP contribution in [0.25, 0.3) is 10.9 Å². The van der Waals surface area contributed by atoms with E-state index in [1.807, 2.05) is 72.2 Å². The Hall–Kier alpha value is -4.92. The first-order valence-corrected chi connectivity index (χ1v) is 18.7. The van der Waals surface area contributed by atoms with E-state index in [2.05, 4.69) is 29.7 Å². The average molecular weight is 693 g/mol. The number of rotatable bonds is 17. The maximum Gasteiger partial charge on any atom is 0.311 e. The number of esters is 1. The lowest BCUT2D eigenvalue weighted by Gasteiger charge is -2.28. The number of nitrogens with one attached hydrogen (secondary N) is 2. The molecule has 0 bridgehead atoms. The number of ether oxygens (including phenoxy) is 1. The van der Waals surface area contributed by atoms with E-state index in [0.717, 1.165) is 80.8 Å². The molecule has 0 spiro atoms. The van der Waals surface area contributed by atoms with Gasteiger partial charge in [-0.3, -0.25) is 19.2 Å². The van der Waals surface area contributed by atoms with Crippen LogP contribution < -0.4 is 20.3 Å². The highest BCUT2D eigenvalue weighted by molar-refractivity contribution is 6.01.